The first kappa shape index (κ1) is 16.9. The normalized spacial score (nSPS) is 41.8. The van der Waals surface area contributed by atoms with Crippen molar-refractivity contribution in [2.75, 3.05) is 17.7 Å². The molecular weight excluding hydrogens is 363 g/mol. The molecule has 0 amide bonds. The molecule has 0 aliphatic carbocycles. The van der Waals surface area contributed by atoms with Crippen LogP contribution in [0.4, 0.5) is 11.8 Å². The van der Waals surface area contributed by atoms with E-state index in [0.717, 1.165) is 0 Å². The maximum atomic E-state index is 12.0. The van der Waals surface area contributed by atoms with Gasteiger partial charge in [0.1, 0.15) is 11.9 Å². The van der Waals surface area contributed by atoms with Crippen molar-refractivity contribution >= 4 is 19.6 Å². The van der Waals surface area contributed by atoms with Gasteiger partial charge in [0.2, 0.25) is 11.7 Å². The Balaban J connectivity index is 1.79. The number of phosphoric ester groups is 1. The molecule has 1 aromatic rings. The molecule has 0 aromatic carbocycles. The Hall–Kier alpha value is -1.57. The molecule has 138 valence electrons. The molecule has 3 aliphatic rings. The van der Waals surface area contributed by atoms with Gasteiger partial charge < -0.3 is 36.0 Å². The number of rotatable bonds is 0. The van der Waals surface area contributed by atoms with Crippen molar-refractivity contribution in [2.24, 2.45) is 5.92 Å². The molecule has 5 atom stereocenters. The molecule has 4 rings (SSSR count). The van der Waals surface area contributed by atoms with Crippen LogP contribution in [0.5, 0.6) is 0 Å². The third-order valence-electron chi connectivity index (χ3n) is 4.46. The van der Waals surface area contributed by atoms with Crippen LogP contribution in [0.3, 0.4) is 0 Å². The van der Waals surface area contributed by atoms with Gasteiger partial charge in [0, 0.05) is 0 Å². The fourth-order valence-corrected chi connectivity index (χ4v) is 4.30. The molecule has 0 saturated carbocycles. The molecule has 0 spiro atoms. The number of anilines is 2. The lowest BCUT2D eigenvalue weighted by molar-refractivity contribution is -0.403. The number of nitrogens with one attached hydrogen (secondary N) is 2. The average Bonchev–Trinajstić information content (AvgIpc) is 2.46. The molecule has 13 nitrogen and oxygen atoms in total. The number of aromatic amines is 1. The number of hydrogen-bond acceptors (Lipinski definition) is 11. The smallest absolute Gasteiger partial charge is 0.369 e. The van der Waals surface area contributed by atoms with Gasteiger partial charge >= 0.3 is 7.82 Å². The standard InChI is InChI=1S/C11H15N4O9P/c12-9-13-7-3(8(16)14-9)1-5-10(17,18)6-4(23-11(5,19)15-7)2-22-25(20,21)24-6/h4-6,17-19H,1-2H2,(H,20,21)(H4,12,13,14,15,16)/t4-,5+,6+,11-/m1/s1. The SMILES string of the molecule is Nc1nc2c(c(=O)[nH]1)C[C@H]1C(O)(O)[C@H]3OP(=O)(O)OC[C@H]3O[C@@]1(O)N2. The van der Waals surface area contributed by atoms with Gasteiger partial charge in [0.25, 0.3) is 11.5 Å². The zero-order valence-corrected chi connectivity index (χ0v) is 13.3. The van der Waals surface area contributed by atoms with Crippen molar-refractivity contribution in [1.29, 1.82) is 0 Å². The highest BCUT2D eigenvalue weighted by atomic mass is 31.2. The van der Waals surface area contributed by atoms with Crippen molar-refractivity contribution in [3.63, 3.8) is 0 Å². The average molecular weight is 378 g/mol. The zero-order valence-electron chi connectivity index (χ0n) is 12.4. The second-order valence-electron chi connectivity index (χ2n) is 6.09. The minimum Gasteiger partial charge on any atom is -0.369 e. The second kappa shape index (κ2) is 4.99. The number of hydrogen-bond donors (Lipinski definition) is 7. The summed E-state index contributed by atoms with van der Waals surface area (Å²) in [6, 6.07) is 0. The van der Waals surface area contributed by atoms with E-state index in [1.165, 1.54) is 0 Å². The fourth-order valence-electron chi connectivity index (χ4n) is 3.33. The van der Waals surface area contributed by atoms with E-state index in [1.807, 2.05) is 0 Å². The van der Waals surface area contributed by atoms with Crippen LogP contribution in [0.2, 0.25) is 0 Å². The molecule has 1 unspecified atom stereocenters. The van der Waals surface area contributed by atoms with Gasteiger partial charge in [-0.3, -0.25) is 18.8 Å². The Morgan fingerprint density at radius 3 is 2.80 bits per heavy atom. The number of nitrogens with two attached hydrogens (primary N) is 1. The summed E-state index contributed by atoms with van der Waals surface area (Å²) >= 11 is 0. The third kappa shape index (κ3) is 2.48. The number of phosphoric acid groups is 1. The van der Waals surface area contributed by atoms with Gasteiger partial charge in [-0.1, -0.05) is 0 Å². The minimum atomic E-state index is -4.51. The van der Waals surface area contributed by atoms with Crippen LogP contribution in [-0.4, -0.2) is 60.7 Å². The molecular formula is C11H15N4O9P. The van der Waals surface area contributed by atoms with Gasteiger partial charge in [0.15, 0.2) is 6.10 Å². The lowest BCUT2D eigenvalue weighted by atomic mass is 9.78. The molecule has 25 heavy (non-hydrogen) atoms. The van der Waals surface area contributed by atoms with Gasteiger partial charge in [-0.25, -0.2) is 4.57 Å². The maximum Gasteiger partial charge on any atom is 0.472 e. The van der Waals surface area contributed by atoms with E-state index in [9.17, 15) is 29.6 Å². The molecule has 3 aliphatic heterocycles. The number of aliphatic hydroxyl groups is 3. The maximum absolute atomic E-state index is 12.0. The van der Waals surface area contributed by atoms with Crippen LogP contribution >= 0.6 is 7.82 Å². The summed E-state index contributed by atoms with van der Waals surface area (Å²) in [6.07, 6.45) is -3.34. The van der Waals surface area contributed by atoms with Crippen molar-refractivity contribution in [2.45, 2.75) is 30.3 Å². The number of ether oxygens (including phenoxy) is 1. The Bertz CT molecular complexity index is 843. The number of fused-ring (bicyclic) bond motifs is 3. The zero-order chi connectivity index (χ0) is 18.2. The van der Waals surface area contributed by atoms with Gasteiger partial charge in [-0.05, 0) is 6.42 Å². The summed E-state index contributed by atoms with van der Waals surface area (Å²) in [4.78, 5) is 27.5. The summed E-state index contributed by atoms with van der Waals surface area (Å²) in [7, 11) is -4.51. The number of nitrogens with zero attached hydrogens (tertiary/aromatic N) is 1. The summed E-state index contributed by atoms with van der Waals surface area (Å²) in [6.45, 7) is -0.532. The molecule has 0 radical (unpaired) electrons. The van der Waals surface area contributed by atoms with E-state index in [1.54, 1.807) is 0 Å². The highest BCUT2D eigenvalue weighted by molar-refractivity contribution is 7.47. The van der Waals surface area contributed by atoms with E-state index in [-0.39, 0.29) is 23.8 Å². The Kier molecular flexibility index (Phi) is 3.37. The van der Waals surface area contributed by atoms with E-state index in [2.05, 4.69) is 19.8 Å². The fraction of sp³-hybridized carbons (Fsp3) is 0.636. The van der Waals surface area contributed by atoms with Crippen LogP contribution in [0.15, 0.2) is 4.79 Å². The first-order valence-corrected chi connectivity index (χ1v) is 8.69. The van der Waals surface area contributed by atoms with E-state index < -0.39 is 49.8 Å². The van der Waals surface area contributed by atoms with E-state index in [0.29, 0.717) is 0 Å². The monoisotopic (exact) mass is 378 g/mol. The van der Waals surface area contributed by atoms with Crippen LogP contribution < -0.4 is 16.6 Å². The first-order valence-electron chi connectivity index (χ1n) is 7.19. The molecule has 2 fully saturated rings. The molecule has 1 aromatic heterocycles. The molecule has 14 heteroatoms. The summed E-state index contributed by atoms with van der Waals surface area (Å²) in [5.41, 5.74) is 4.81. The van der Waals surface area contributed by atoms with Gasteiger partial charge in [-0.2, -0.15) is 4.98 Å². The third-order valence-corrected chi connectivity index (χ3v) is 5.43. The van der Waals surface area contributed by atoms with Crippen molar-refractivity contribution in [3.05, 3.63) is 15.9 Å². The Labute approximate surface area is 139 Å². The lowest BCUT2D eigenvalue weighted by Gasteiger charge is -2.55. The molecule has 0 bridgehead atoms. The first-order chi connectivity index (χ1) is 11.5. The highest BCUT2D eigenvalue weighted by Gasteiger charge is 2.67. The minimum absolute atomic E-state index is 0.00218. The van der Waals surface area contributed by atoms with Crippen molar-refractivity contribution in [3.8, 4) is 0 Å². The largest absolute Gasteiger partial charge is 0.472 e. The molecule has 4 heterocycles. The Morgan fingerprint density at radius 1 is 1.36 bits per heavy atom. The number of aromatic nitrogens is 2. The van der Waals surface area contributed by atoms with Gasteiger partial charge in [-0.15, -0.1) is 0 Å². The highest BCUT2D eigenvalue weighted by Crippen LogP contribution is 2.55. The predicted molar refractivity (Wildman–Crippen MR) is 77.7 cm³/mol. The van der Waals surface area contributed by atoms with Crippen LogP contribution in [0.1, 0.15) is 5.56 Å². The van der Waals surface area contributed by atoms with Crippen molar-refractivity contribution in [1.82, 2.24) is 9.97 Å². The summed E-state index contributed by atoms with van der Waals surface area (Å²) in [5.74, 6) is -7.01. The molecule has 8 N–H and O–H groups in total. The van der Waals surface area contributed by atoms with Crippen LogP contribution in [0, 0.1) is 5.92 Å². The quantitative estimate of drug-likeness (QED) is 0.180. The van der Waals surface area contributed by atoms with Crippen LogP contribution in [-0.2, 0) is 24.8 Å². The summed E-state index contributed by atoms with van der Waals surface area (Å²) in [5, 5.41) is 34.2. The topological polar surface area (TPSA) is 209 Å². The Morgan fingerprint density at radius 2 is 2.08 bits per heavy atom. The van der Waals surface area contributed by atoms with Crippen LogP contribution in [0.25, 0.3) is 0 Å². The number of H-pyrrole nitrogens is 1. The molecule has 2 saturated heterocycles. The van der Waals surface area contributed by atoms with E-state index in [4.69, 9.17) is 15.0 Å². The predicted octanol–water partition coefficient (Wildman–Crippen LogP) is -2.82. The van der Waals surface area contributed by atoms with Crippen molar-refractivity contribution < 1.29 is 38.6 Å². The van der Waals surface area contributed by atoms with E-state index >= 15 is 0 Å². The van der Waals surface area contributed by atoms with Gasteiger partial charge in [0.05, 0.1) is 18.1 Å². The lowest BCUT2D eigenvalue weighted by Crippen LogP contribution is -2.74. The summed E-state index contributed by atoms with van der Waals surface area (Å²) < 4.78 is 26.3. The second-order valence-corrected chi connectivity index (χ2v) is 7.49. The number of nitrogen functional groups attached to an aromatic ring is 1.